The Balaban J connectivity index is 3.08. The Bertz CT molecular complexity index is 481. The third-order valence-electron chi connectivity index (χ3n) is 2.85. The summed E-state index contributed by atoms with van der Waals surface area (Å²) in [6, 6.07) is 0. The quantitative estimate of drug-likeness (QED) is 0.840. The van der Waals surface area contributed by atoms with Gasteiger partial charge >= 0.3 is 0 Å². The van der Waals surface area contributed by atoms with E-state index >= 15 is 0 Å². The maximum absolute atomic E-state index is 6.08. The maximum Gasteiger partial charge on any atom is 0.242 e. The van der Waals surface area contributed by atoms with Gasteiger partial charge in [-0.3, -0.25) is 0 Å². The van der Waals surface area contributed by atoms with E-state index in [2.05, 4.69) is 49.9 Å². The zero-order valence-electron chi connectivity index (χ0n) is 14.2. The Kier molecular flexibility index (Phi) is 5.39. The van der Waals surface area contributed by atoms with Crippen LogP contribution in [0.4, 0.5) is 11.5 Å². The number of nitrogens with one attached hydrogen (secondary N) is 1. The summed E-state index contributed by atoms with van der Waals surface area (Å²) in [6.07, 6.45) is 0.964. The summed E-state index contributed by atoms with van der Waals surface area (Å²) in [5, 5.41) is 3.40. The van der Waals surface area contributed by atoms with E-state index in [9.17, 15) is 0 Å². The molecule has 0 aliphatic heterocycles. The van der Waals surface area contributed by atoms with Crippen molar-refractivity contribution in [2.24, 2.45) is 5.41 Å². The molecule has 0 atom stereocenters. The molecular weight excluding hydrogens is 268 g/mol. The van der Waals surface area contributed by atoms with Gasteiger partial charge in [0.15, 0.2) is 11.6 Å². The molecule has 0 aliphatic carbocycles. The number of aromatic nitrogens is 2. The number of nitrogens with two attached hydrogens (primary N) is 1. The number of methoxy groups -OCH3 is 2. The largest absolute Gasteiger partial charge is 0.479 e. The Morgan fingerprint density at radius 2 is 1.71 bits per heavy atom. The van der Waals surface area contributed by atoms with E-state index in [1.165, 1.54) is 0 Å². The van der Waals surface area contributed by atoms with E-state index in [1.54, 1.807) is 14.2 Å². The molecule has 0 aromatic carbocycles. The minimum absolute atomic E-state index is 0.157. The summed E-state index contributed by atoms with van der Waals surface area (Å²) in [5.41, 5.74) is 6.53. The smallest absolute Gasteiger partial charge is 0.242 e. The van der Waals surface area contributed by atoms with E-state index in [0.29, 0.717) is 29.8 Å². The van der Waals surface area contributed by atoms with Gasteiger partial charge in [0.2, 0.25) is 5.88 Å². The van der Waals surface area contributed by atoms with Gasteiger partial charge < -0.3 is 20.5 Å². The summed E-state index contributed by atoms with van der Waals surface area (Å²) in [6.45, 7) is 11.2. The molecule has 0 amide bonds. The van der Waals surface area contributed by atoms with Gasteiger partial charge in [0.1, 0.15) is 12.3 Å². The molecule has 0 bridgehead atoms. The molecule has 0 aliphatic rings. The average molecular weight is 296 g/mol. The summed E-state index contributed by atoms with van der Waals surface area (Å²) in [5.74, 6) is 1.49. The van der Waals surface area contributed by atoms with Crippen molar-refractivity contribution in [2.45, 2.75) is 53.2 Å². The van der Waals surface area contributed by atoms with Gasteiger partial charge in [0.25, 0.3) is 0 Å². The highest BCUT2D eigenvalue weighted by Gasteiger charge is 2.27. The molecule has 1 aromatic rings. The number of hydrogen-bond acceptors (Lipinski definition) is 6. The van der Waals surface area contributed by atoms with Crippen molar-refractivity contribution in [3.63, 3.8) is 0 Å². The van der Waals surface area contributed by atoms with Crippen LogP contribution in [0.3, 0.4) is 0 Å². The lowest BCUT2D eigenvalue weighted by atomic mass is 9.82. The Hall–Kier alpha value is -1.56. The highest BCUT2D eigenvalue weighted by atomic mass is 16.5. The van der Waals surface area contributed by atoms with Crippen LogP contribution in [0, 0.1) is 5.41 Å². The van der Waals surface area contributed by atoms with E-state index in [4.69, 9.17) is 15.2 Å². The van der Waals surface area contributed by atoms with E-state index < -0.39 is 0 Å². The van der Waals surface area contributed by atoms with Crippen molar-refractivity contribution in [1.29, 1.82) is 0 Å². The van der Waals surface area contributed by atoms with Gasteiger partial charge in [-0.25, -0.2) is 4.98 Å². The van der Waals surface area contributed by atoms with E-state index in [-0.39, 0.29) is 11.0 Å². The maximum atomic E-state index is 6.08. The van der Waals surface area contributed by atoms with Crippen molar-refractivity contribution < 1.29 is 9.47 Å². The SMILES string of the molecule is COCc1nc(NC(C)(C)CC(C)(C)C)c(N)c(OC)n1. The third kappa shape index (κ3) is 5.38. The first-order valence-electron chi connectivity index (χ1n) is 7.05. The summed E-state index contributed by atoms with van der Waals surface area (Å²) in [7, 11) is 3.14. The molecule has 0 saturated heterocycles. The fourth-order valence-corrected chi connectivity index (χ4v) is 2.63. The molecule has 0 unspecified atom stereocenters. The summed E-state index contributed by atoms with van der Waals surface area (Å²) < 4.78 is 10.3. The first kappa shape index (κ1) is 17.5. The highest BCUT2D eigenvalue weighted by molar-refractivity contribution is 5.67. The Morgan fingerprint density at radius 3 is 2.19 bits per heavy atom. The molecule has 1 rings (SSSR count). The van der Waals surface area contributed by atoms with Crippen LogP contribution >= 0.6 is 0 Å². The predicted molar refractivity (Wildman–Crippen MR) is 85.5 cm³/mol. The predicted octanol–water partition coefficient (Wildman–Crippen LogP) is 2.84. The van der Waals surface area contributed by atoms with Crippen LogP contribution in [0.15, 0.2) is 0 Å². The van der Waals surface area contributed by atoms with Gasteiger partial charge in [0.05, 0.1) is 7.11 Å². The molecule has 0 spiro atoms. The number of nitrogen functional groups attached to an aromatic ring is 1. The number of rotatable bonds is 6. The molecule has 6 heteroatoms. The van der Waals surface area contributed by atoms with Crippen LogP contribution in [-0.2, 0) is 11.3 Å². The molecule has 21 heavy (non-hydrogen) atoms. The number of anilines is 2. The zero-order chi connectivity index (χ0) is 16.3. The minimum atomic E-state index is -0.157. The minimum Gasteiger partial charge on any atom is -0.479 e. The lowest BCUT2D eigenvalue weighted by Crippen LogP contribution is -2.36. The number of hydrogen-bond donors (Lipinski definition) is 2. The fourth-order valence-electron chi connectivity index (χ4n) is 2.63. The first-order valence-corrected chi connectivity index (χ1v) is 7.05. The lowest BCUT2D eigenvalue weighted by Gasteiger charge is -2.34. The Labute approximate surface area is 127 Å². The van der Waals surface area contributed by atoms with Crippen LogP contribution in [-0.4, -0.2) is 29.7 Å². The molecule has 0 fully saturated rings. The van der Waals surface area contributed by atoms with Gasteiger partial charge in [-0.2, -0.15) is 4.98 Å². The molecule has 1 aromatic heterocycles. The van der Waals surface area contributed by atoms with Crippen LogP contribution < -0.4 is 15.8 Å². The van der Waals surface area contributed by atoms with Gasteiger partial charge in [-0.15, -0.1) is 0 Å². The molecule has 120 valence electrons. The molecule has 1 heterocycles. The summed E-state index contributed by atoms with van der Waals surface area (Å²) >= 11 is 0. The number of ether oxygens (including phenoxy) is 2. The third-order valence-corrected chi connectivity index (χ3v) is 2.85. The standard InChI is InChI=1S/C15H28N4O2/c1-14(2,3)9-15(4,5)19-12-11(16)13(21-7)18-10(17-12)8-20-6/h8-9,16H2,1-7H3,(H,17,18,19). The normalized spacial score (nSPS) is 12.3. The van der Waals surface area contributed by atoms with Gasteiger partial charge in [-0.05, 0) is 25.7 Å². The van der Waals surface area contributed by atoms with Crippen molar-refractivity contribution >= 4 is 11.5 Å². The van der Waals surface area contributed by atoms with Crippen molar-refractivity contribution in [3.8, 4) is 5.88 Å². The average Bonchev–Trinajstić information content (AvgIpc) is 2.29. The van der Waals surface area contributed by atoms with Crippen molar-refractivity contribution in [3.05, 3.63) is 5.82 Å². The summed E-state index contributed by atoms with van der Waals surface area (Å²) in [4.78, 5) is 8.66. The second kappa shape index (κ2) is 6.47. The number of nitrogens with zero attached hydrogens (tertiary/aromatic N) is 2. The second-order valence-corrected chi connectivity index (χ2v) is 7.09. The van der Waals surface area contributed by atoms with Crippen molar-refractivity contribution in [1.82, 2.24) is 9.97 Å². The van der Waals surface area contributed by atoms with E-state index in [0.717, 1.165) is 6.42 Å². The molecule has 3 N–H and O–H groups in total. The molecule has 6 nitrogen and oxygen atoms in total. The fraction of sp³-hybridized carbons (Fsp3) is 0.733. The van der Waals surface area contributed by atoms with Gasteiger partial charge in [0, 0.05) is 12.6 Å². The lowest BCUT2D eigenvalue weighted by molar-refractivity contribution is 0.177. The molecular formula is C15H28N4O2. The Morgan fingerprint density at radius 1 is 1.10 bits per heavy atom. The molecule has 0 radical (unpaired) electrons. The van der Waals surface area contributed by atoms with Crippen LogP contribution in [0.25, 0.3) is 0 Å². The zero-order valence-corrected chi connectivity index (χ0v) is 14.2. The highest BCUT2D eigenvalue weighted by Crippen LogP contribution is 2.33. The monoisotopic (exact) mass is 296 g/mol. The molecule has 0 saturated carbocycles. The van der Waals surface area contributed by atoms with E-state index in [1.807, 2.05) is 0 Å². The van der Waals surface area contributed by atoms with Crippen LogP contribution in [0.5, 0.6) is 5.88 Å². The van der Waals surface area contributed by atoms with Crippen LogP contribution in [0.2, 0.25) is 0 Å². The van der Waals surface area contributed by atoms with Crippen molar-refractivity contribution in [2.75, 3.05) is 25.3 Å². The first-order chi connectivity index (χ1) is 9.58. The second-order valence-electron chi connectivity index (χ2n) is 7.09. The van der Waals surface area contributed by atoms with Crippen LogP contribution in [0.1, 0.15) is 46.9 Å². The topological polar surface area (TPSA) is 82.3 Å². The van der Waals surface area contributed by atoms with Gasteiger partial charge in [-0.1, -0.05) is 20.8 Å².